The van der Waals surface area contributed by atoms with Crippen molar-refractivity contribution in [2.24, 2.45) is 0 Å². The van der Waals surface area contributed by atoms with Crippen molar-refractivity contribution in [2.75, 3.05) is 0 Å². The van der Waals surface area contributed by atoms with Gasteiger partial charge in [-0.1, -0.05) is 18.2 Å². The van der Waals surface area contributed by atoms with Crippen molar-refractivity contribution in [1.29, 1.82) is 0 Å². The van der Waals surface area contributed by atoms with Gasteiger partial charge in [0.05, 0.1) is 18.4 Å². The molecule has 0 fully saturated rings. The van der Waals surface area contributed by atoms with Crippen molar-refractivity contribution in [3.05, 3.63) is 35.9 Å². The Kier molecular flexibility index (Phi) is 7.45. The Morgan fingerprint density at radius 3 is 2.18 bits per heavy atom. The number of hydrogen-bond acceptors (Lipinski definition) is 4. The van der Waals surface area contributed by atoms with E-state index < -0.39 is 17.9 Å². The molecule has 0 aromatic heterocycles. The summed E-state index contributed by atoms with van der Waals surface area (Å²) in [5, 5.41) is 8.32. The third kappa shape index (κ3) is 6.21. The van der Waals surface area contributed by atoms with Crippen molar-refractivity contribution in [3.8, 4) is 0 Å². The van der Waals surface area contributed by atoms with Gasteiger partial charge < -0.3 is 9.84 Å². The van der Waals surface area contributed by atoms with E-state index in [4.69, 9.17) is 5.11 Å². The summed E-state index contributed by atoms with van der Waals surface area (Å²) in [6, 6.07) is 8.01. The van der Waals surface area contributed by atoms with Crippen LogP contribution in [0.3, 0.4) is 0 Å². The molecular weight excluding hydrogens is 235 g/mol. The molecule has 17 heavy (non-hydrogen) atoms. The zero-order valence-corrected chi connectivity index (χ0v) is 8.38. The Bertz CT molecular complexity index is 402. The van der Waals surface area contributed by atoms with Gasteiger partial charge in [-0.2, -0.15) is 0 Å². The van der Waals surface area contributed by atoms with Crippen LogP contribution in [-0.2, 0) is 14.3 Å². The minimum absolute atomic E-state index is 0. The number of carbonyl (C=O) groups is 3. The Morgan fingerprint density at radius 2 is 1.65 bits per heavy atom. The minimum atomic E-state index is -1.11. The molecule has 0 aliphatic carbocycles. The van der Waals surface area contributed by atoms with Crippen molar-refractivity contribution < 1.29 is 24.2 Å². The van der Waals surface area contributed by atoms with Gasteiger partial charge in [-0.3, -0.25) is 9.59 Å². The van der Waals surface area contributed by atoms with Crippen LogP contribution in [0.4, 0.5) is 0 Å². The van der Waals surface area contributed by atoms with Gasteiger partial charge >= 0.3 is 47.5 Å². The summed E-state index contributed by atoms with van der Waals surface area (Å²) in [5.74, 6) is -2.71. The molecule has 0 unspecified atom stereocenters. The van der Waals surface area contributed by atoms with E-state index >= 15 is 0 Å². The Labute approximate surface area is 120 Å². The van der Waals surface area contributed by atoms with Gasteiger partial charge in [0, 0.05) is 0 Å². The van der Waals surface area contributed by atoms with E-state index in [2.05, 4.69) is 4.74 Å². The maximum atomic E-state index is 11.3. The van der Waals surface area contributed by atoms with Crippen LogP contribution in [0, 0.1) is 0 Å². The number of carboxylic acid groups (broad SMARTS) is 1. The van der Waals surface area contributed by atoms with E-state index in [1.807, 2.05) is 0 Å². The molecule has 0 saturated carbocycles. The predicted octanol–water partition coefficient (Wildman–Crippen LogP) is 0.586. The van der Waals surface area contributed by atoms with Gasteiger partial charge in [0.1, 0.15) is 0 Å². The molecule has 5 nitrogen and oxygen atoms in total. The third-order valence-electron chi connectivity index (χ3n) is 1.76. The van der Waals surface area contributed by atoms with E-state index in [0.717, 1.165) is 0 Å². The Hall–Kier alpha value is -1.17. The van der Waals surface area contributed by atoms with Crippen LogP contribution >= 0.6 is 0 Å². The first-order valence-corrected chi connectivity index (χ1v) is 4.61. The molecule has 0 aliphatic rings. The molecule has 0 bridgehead atoms. The maximum absolute atomic E-state index is 11.3. The third-order valence-corrected chi connectivity index (χ3v) is 1.76. The molecule has 1 N–H and O–H groups in total. The first kappa shape index (κ1) is 15.8. The monoisotopic (exact) mass is 246 g/mol. The number of rotatable bonds is 4. The zero-order chi connectivity index (χ0) is 12.0. The summed E-state index contributed by atoms with van der Waals surface area (Å²) in [4.78, 5) is 32.5. The van der Waals surface area contributed by atoms with Gasteiger partial charge in [0.2, 0.25) is 0 Å². The van der Waals surface area contributed by atoms with Crippen molar-refractivity contribution in [3.63, 3.8) is 0 Å². The molecule has 1 rings (SSSR count). The fourth-order valence-electron chi connectivity index (χ4n) is 0.997. The molecule has 0 saturated heterocycles. The van der Waals surface area contributed by atoms with Crippen LogP contribution in [0.25, 0.3) is 0 Å². The second kappa shape index (κ2) is 8.00. The van der Waals surface area contributed by atoms with Crippen molar-refractivity contribution in [2.45, 2.75) is 12.8 Å². The summed E-state index contributed by atoms with van der Waals surface area (Å²) in [7, 11) is 0. The molecule has 86 valence electrons. The SMILES string of the molecule is O=C(O)CCC(=O)OC(=O)c1ccccc1.[NaH]. The molecule has 1 aromatic rings. The topological polar surface area (TPSA) is 80.7 Å². The second-order valence-electron chi connectivity index (χ2n) is 3.02. The molecule has 0 radical (unpaired) electrons. The molecule has 0 amide bonds. The number of aliphatic carboxylic acids is 1. The van der Waals surface area contributed by atoms with Gasteiger partial charge in [0.15, 0.2) is 0 Å². The quantitative estimate of drug-likeness (QED) is 0.477. The van der Waals surface area contributed by atoms with E-state index in [0.29, 0.717) is 0 Å². The molecule has 0 aliphatic heterocycles. The zero-order valence-electron chi connectivity index (χ0n) is 8.38. The normalized spacial score (nSPS) is 8.94. The number of carbonyl (C=O) groups excluding carboxylic acids is 2. The molecule has 0 heterocycles. The fourth-order valence-corrected chi connectivity index (χ4v) is 0.997. The summed E-state index contributed by atoms with van der Waals surface area (Å²) in [6.07, 6.45) is -0.658. The summed E-state index contributed by atoms with van der Waals surface area (Å²) < 4.78 is 4.45. The standard InChI is InChI=1S/C11H10O5.Na.H/c12-9(13)6-7-10(14)16-11(15)8-4-2-1-3-5-8;;/h1-5H,6-7H2,(H,12,13);;. The molecular formula is C11H11NaO5. The molecule has 0 atom stereocenters. The van der Waals surface area contributed by atoms with Crippen LogP contribution in [0.5, 0.6) is 0 Å². The fraction of sp³-hybridized carbons (Fsp3) is 0.182. The average Bonchev–Trinajstić information content (AvgIpc) is 2.27. The first-order valence-electron chi connectivity index (χ1n) is 4.61. The number of ether oxygens (including phenoxy) is 1. The number of carboxylic acids is 1. The number of esters is 2. The van der Waals surface area contributed by atoms with Crippen LogP contribution in [0.15, 0.2) is 30.3 Å². The van der Waals surface area contributed by atoms with E-state index in [9.17, 15) is 14.4 Å². The summed E-state index contributed by atoms with van der Waals surface area (Å²) in [6.45, 7) is 0. The van der Waals surface area contributed by atoms with Crippen LogP contribution in [0.1, 0.15) is 23.2 Å². The number of hydrogen-bond donors (Lipinski definition) is 1. The van der Waals surface area contributed by atoms with Crippen molar-refractivity contribution >= 4 is 47.5 Å². The van der Waals surface area contributed by atoms with E-state index in [-0.39, 0.29) is 48.0 Å². The van der Waals surface area contributed by atoms with Crippen LogP contribution < -0.4 is 0 Å². The molecule has 6 heteroatoms. The number of benzene rings is 1. The van der Waals surface area contributed by atoms with Crippen LogP contribution in [0.2, 0.25) is 0 Å². The van der Waals surface area contributed by atoms with Gasteiger partial charge in [0.25, 0.3) is 0 Å². The van der Waals surface area contributed by atoms with Gasteiger partial charge in [-0.05, 0) is 12.1 Å². The Morgan fingerprint density at radius 1 is 1.06 bits per heavy atom. The predicted molar refractivity (Wildman–Crippen MR) is 60.9 cm³/mol. The van der Waals surface area contributed by atoms with E-state index in [1.54, 1.807) is 18.2 Å². The second-order valence-corrected chi connectivity index (χ2v) is 3.02. The van der Waals surface area contributed by atoms with Gasteiger partial charge in [-0.25, -0.2) is 4.79 Å². The van der Waals surface area contributed by atoms with Gasteiger partial charge in [-0.15, -0.1) is 0 Å². The Balaban J connectivity index is 0.00000256. The van der Waals surface area contributed by atoms with E-state index in [1.165, 1.54) is 12.1 Å². The first-order chi connectivity index (χ1) is 7.59. The van der Waals surface area contributed by atoms with Crippen molar-refractivity contribution in [1.82, 2.24) is 0 Å². The average molecular weight is 246 g/mol. The van der Waals surface area contributed by atoms with Crippen LogP contribution in [-0.4, -0.2) is 52.6 Å². The molecule has 0 spiro atoms. The summed E-state index contributed by atoms with van der Waals surface area (Å²) in [5.41, 5.74) is 0.256. The molecule has 1 aromatic carbocycles. The summed E-state index contributed by atoms with van der Waals surface area (Å²) >= 11 is 0.